The molecule has 2 aromatic rings. The Bertz CT molecular complexity index is 718. The second kappa shape index (κ2) is 9.49. The lowest BCUT2D eigenvalue weighted by Crippen LogP contribution is -2.40. The van der Waals surface area contributed by atoms with Gasteiger partial charge in [-0.1, -0.05) is 36.4 Å². The number of carbonyl (C=O) groups excluding carboxylic acids is 1. The number of hydrogen-bond donors (Lipinski definition) is 0. The van der Waals surface area contributed by atoms with Crippen molar-refractivity contribution in [3.8, 4) is 0 Å². The Morgan fingerprint density at radius 2 is 1.50 bits per heavy atom. The molecule has 1 heterocycles. The first kappa shape index (κ1) is 20.0. The zero-order chi connectivity index (χ0) is 19.2. The van der Waals surface area contributed by atoms with Gasteiger partial charge in [-0.05, 0) is 37.1 Å². The highest BCUT2D eigenvalue weighted by atomic mass is 32.2. The fourth-order valence-corrected chi connectivity index (χ4v) is 6.51. The minimum atomic E-state index is -0.493. The van der Waals surface area contributed by atoms with Gasteiger partial charge in [0.05, 0.1) is 17.8 Å². The van der Waals surface area contributed by atoms with Crippen molar-refractivity contribution >= 4 is 29.3 Å². The van der Waals surface area contributed by atoms with E-state index in [0.717, 1.165) is 12.8 Å². The minimum absolute atomic E-state index is 0.0436. The molecule has 1 aliphatic carbocycles. The van der Waals surface area contributed by atoms with Crippen LogP contribution in [0.5, 0.6) is 0 Å². The van der Waals surface area contributed by atoms with Crippen molar-refractivity contribution in [1.29, 1.82) is 0 Å². The lowest BCUT2D eigenvalue weighted by molar-refractivity contribution is -0.189. The zero-order valence-corrected chi connectivity index (χ0v) is 17.6. The molecule has 5 heteroatoms. The van der Waals surface area contributed by atoms with E-state index in [2.05, 4.69) is 48.5 Å². The van der Waals surface area contributed by atoms with Crippen molar-refractivity contribution in [3.63, 3.8) is 0 Å². The molecular formula is C23H26O3S2. The summed E-state index contributed by atoms with van der Waals surface area (Å²) in [6.07, 6.45) is 3.87. The van der Waals surface area contributed by atoms with E-state index in [4.69, 9.17) is 9.47 Å². The Hall–Kier alpha value is -1.27. The summed E-state index contributed by atoms with van der Waals surface area (Å²) < 4.78 is 12.1. The lowest BCUT2D eigenvalue weighted by atomic mass is 9.81. The van der Waals surface area contributed by atoms with E-state index in [1.165, 1.54) is 9.79 Å². The molecule has 2 aliphatic rings. The molecule has 1 unspecified atom stereocenters. The highest BCUT2D eigenvalue weighted by molar-refractivity contribution is 8.17. The van der Waals surface area contributed by atoms with Crippen molar-refractivity contribution < 1.29 is 14.3 Å². The van der Waals surface area contributed by atoms with Crippen LogP contribution in [0.2, 0.25) is 0 Å². The third kappa shape index (κ3) is 5.20. The minimum Gasteiger partial charge on any atom is -0.347 e. The summed E-state index contributed by atoms with van der Waals surface area (Å²) in [6, 6.07) is 21.0. The third-order valence-electron chi connectivity index (χ3n) is 5.35. The number of thioether (sulfide) groups is 2. The fourth-order valence-electron chi connectivity index (χ4n) is 3.91. The van der Waals surface area contributed by atoms with Crippen LogP contribution in [0.25, 0.3) is 0 Å². The number of ether oxygens (including phenoxy) is 2. The van der Waals surface area contributed by atoms with Crippen LogP contribution in [-0.4, -0.2) is 29.4 Å². The van der Waals surface area contributed by atoms with Crippen LogP contribution in [-0.2, 0) is 14.3 Å². The molecule has 1 spiro atoms. The van der Waals surface area contributed by atoms with E-state index < -0.39 is 5.79 Å². The summed E-state index contributed by atoms with van der Waals surface area (Å²) in [7, 11) is 0. The molecule has 0 bridgehead atoms. The number of Topliss-reactive ketones (excluding diaryl/α,β-unsaturated/α-hetero) is 1. The molecular weight excluding hydrogens is 388 g/mol. The first-order valence-electron chi connectivity index (χ1n) is 9.96. The van der Waals surface area contributed by atoms with Crippen LogP contribution in [0.15, 0.2) is 70.5 Å². The highest BCUT2D eigenvalue weighted by Crippen LogP contribution is 2.42. The second-order valence-corrected chi connectivity index (χ2v) is 10.2. The second-order valence-electron chi connectivity index (χ2n) is 7.34. The van der Waals surface area contributed by atoms with Gasteiger partial charge in [0, 0.05) is 35.0 Å². The molecule has 1 saturated heterocycles. The molecule has 1 atom stereocenters. The molecule has 1 aliphatic heterocycles. The van der Waals surface area contributed by atoms with E-state index >= 15 is 0 Å². The van der Waals surface area contributed by atoms with E-state index in [1.807, 2.05) is 35.7 Å². The maximum Gasteiger partial charge on any atom is 0.169 e. The molecule has 2 fully saturated rings. The molecule has 0 aromatic heterocycles. The predicted octanol–water partition coefficient (Wildman–Crippen LogP) is 5.79. The molecule has 2 aromatic carbocycles. The van der Waals surface area contributed by atoms with Gasteiger partial charge in [-0.15, -0.1) is 23.5 Å². The van der Waals surface area contributed by atoms with E-state index in [9.17, 15) is 4.79 Å². The van der Waals surface area contributed by atoms with Crippen molar-refractivity contribution in [3.05, 3.63) is 60.7 Å². The third-order valence-corrected chi connectivity index (χ3v) is 8.01. The standard InChI is InChI=1S/C23H26O3S2/c24-21-13-14-23(25-15-16-26-23)17-18(21)11-12-22(27-19-7-3-1-4-8-19)28-20-9-5-2-6-10-20/h1-10,18,22H,11-17H2. The summed E-state index contributed by atoms with van der Waals surface area (Å²) in [5, 5.41) is 0. The van der Waals surface area contributed by atoms with Crippen LogP contribution in [0.3, 0.4) is 0 Å². The van der Waals surface area contributed by atoms with Crippen molar-refractivity contribution in [1.82, 2.24) is 0 Å². The summed E-state index contributed by atoms with van der Waals surface area (Å²) >= 11 is 3.77. The first-order valence-corrected chi connectivity index (χ1v) is 11.7. The molecule has 0 N–H and O–H groups in total. The van der Waals surface area contributed by atoms with Crippen LogP contribution >= 0.6 is 23.5 Å². The molecule has 4 rings (SSSR count). The summed E-state index contributed by atoms with van der Waals surface area (Å²) in [5.74, 6) is -0.0762. The molecule has 1 saturated carbocycles. The molecule has 148 valence electrons. The maximum absolute atomic E-state index is 12.5. The monoisotopic (exact) mass is 414 g/mol. The van der Waals surface area contributed by atoms with Crippen molar-refractivity contribution in [2.75, 3.05) is 13.2 Å². The van der Waals surface area contributed by atoms with Crippen LogP contribution in [0.4, 0.5) is 0 Å². The van der Waals surface area contributed by atoms with Crippen LogP contribution in [0, 0.1) is 5.92 Å². The van der Waals surface area contributed by atoms with Crippen LogP contribution in [0.1, 0.15) is 32.1 Å². The Morgan fingerprint density at radius 3 is 2.07 bits per heavy atom. The van der Waals surface area contributed by atoms with Gasteiger partial charge in [-0.25, -0.2) is 0 Å². The van der Waals surface area contributed by atoms with Gasteiger partial charge in [0.25, 0.3) is 0 Å². The van der Waals surface area contributed by atoms with Crippen LogP contribution < -0.4 is 0 Å². The summed E-state index contributed by atoms with van der Waals surface area (Å²) in [5.41, 5.74) is 0. The van der Waals surface area contributed by atoms with Crippen molar-refractivity contribution in [2.45, 2.75) is 52.3 Å². The molecule has 0 radical (unpaired) electrons. The largest absolute Gasteiger partial charge is 0.347 e. The molecule has 28 heavy (non-hydrogen) atoms. The van der Waals surface area contributed by atoms with Gasteiger partial charge in [0.1, 0.15) is 5.78 Å². The quantitative estimate of drug-likeness (QED) is 0.423. The Balaban J connectivity index is 1.41. The van der Waals surface area contributed by atoms with Gasteiger partial charge >= 0.3 is 0 Å². The number of ketones is 1. The summed E-state index contributed by atoms with van der Waals surface area (Å²) in [6.45, 7) is 1.30. The molecule has 3 nitrogen and oxygen atoms in total. The van der Waals surface area contributed by atoms with Gasteiger partial charge in [0.15, 0.2) is 5.79 Å². The lowest BCUT2D eigenvalue weighted by Gasteiger charge is -2.35. The summed E-state index contributed by atoms with van der Waals surface area (Å²) in [4.78, 5) is 15.1. The Morgan fingerprint density at radius 1 is 0.929 bits per heavy atom. The smallest absolute Gasteiger partial charge is 0.169 e. The Labute approximate surface area is 175 Å². The number of hydrogen-bond acceptors (Lipinski definition) is 5. The van der Waals surface area contributed by atoms with Gasteiger partial charge in [0.2, 0.25) is 0 Å². The van der Waals surface area contributed by atoms with E-state index in [0.29, 0.717) is 42.8 Å². The average molecular weight is 415 g/mol. The van der Waals surface area contributed by atoms with E-state index in [1.54, 1.807) is 0 Å². The number of carbonyl (C=O) groups is 1. The topological polar surface area (TPSA) is 35.5 Å². The van der Waals surface area contributed by atoms with E-state index in [-0.39, 0.29) is 5.92 Å². The molecule has 0 amide bonds. The van der Waals surface area contributed by atoms with Gasteiger partial charge < -0.3 is 9.47 Å². The normalized spacial score (nSPS) is 21.5. The SMILES string of the molecule is O=C1CCC2(CC1CCC(Sc1ccccc1)Sc1ccccc1)OCCO2. The van der Waals surface area contributed by atoms with Crippen molar-refractivity contribution in [2.24, 2.45) is 5.92 Å². The zero-order valence-electron chi connectivity index (χ0n) is 15.9. The highest BCUT2D eigenvalue weighted by Gasteiger charge is 2.44. The predicted molar refractivity (Wildman–Crippen MR) is 115 cm³/mol. The fraction of sp³-hybridized carbons (Fsp3) is 0.435. The van der Waals surface area contributed by atoms with Gasteiger partial charge in [-0.2, -0.15) is 0 Å². The maximum atomic E-state index is 12.5. The number of benzene rings is 2. The average Bonchev–Trinajstić information content (AvgIpc) is 3.18. The Kier molecular flexibility index (Phi) is 6.78. The number of rotatable bonds is 7. The van der Waals surface area contributed by atoms with Gasteiger partial charge in [-0.3, -0.25) is 4.79 Å². The first-order chi connectivity index (χ1) is 13.7.